The van der Waals surface area contributed by atoms with Gasteiger partial charge in [0.1, 0.15) is 21.1 Å². The van der Waals surface area contributed by atoms with Gasteiger partial charge in [0.05, 0.1) is 25.2 Å². The molecule has 5 rings (SSSR count). The van der Waals surface area contributed by atoms with Gasteiger partial charge in [-0.2, -0.15) is 0 Å². The van der Waals surface area contributed by atoms with Crippen LogP contribution in [0.1, 0.15) is 26.2 Å². The number of carbonyl (C=O) groups is 2. The van der Waals surface area contributed by atoms with Gasteiger partial charge >= 0.3 is 6.03 Å². The summed E-state index contributed by atoms with van der Waals surface area (Å²) in [6, 6.07) is 7.32. The Hall–Kier alpha value is -3.25. The predicted octanol–water partition coefficient (Wildman–Crippen LogP) is 1.80. The smallest absolute Gasteiger partial charge is 0.319 e. The van der Waals surface area contributed by atoms with Crippen LogP contribution in [-0.4, -0.2) is 80.2 Å². The van der Waals surface area contributed by atoms with Crippen LogP contribution >= 0.6 is 0 Å². The first-order chi connectivity index (χ1) is 17.1. The molecule has 1 aromatic heterocycles. The third kappa shape index (κ3) is 5.00. The summed E-state index contributed by atoms with van der Waals surface area (Å²) in [5.41, 5.74) is 1.05. The second-order valence-corrected chi connectivity index (χ2v) is 12.0. The summed E-state index contributed by atoms with van der Waals surface area (Å²) in [4.78, 5) is 38.4. The Bertz CT molecular complexity index is 1280. The first-order valence-corrected chi connectivity index (χ1v) is 14.1. The second kappa shape index (κ2) is 9.32. The number of anilines is 3. The van der Waals surface area contributed by atoms with Crippen molar-refractivity contribution in [2.24, 2.45) is 0 Å². The van der Waals surface area contributed by atoms with Gasteiger partial charge in [0.25, 0.3) is 5.91 Å². The number of carbonyl (C=O) groups excluding carboxylic acids is 2. The number of hydrogen-bond acceptors (Lipinski definition) is 8. The molecule has 36 heavy (non-hydrogen) atoms. The Morgan fingerprint density at radius 2 is 2.00 bits per heavy atom. The minimum Gasteiger partial charge on any atom is -0.377 e. The van der Waals surface area contributed by atoms with E-state index in [9.17, 15) is 18.0 Å². The number of nitrogens with one attached hydrogen (secondary N) is 2. The van der Waals surface area contributed by atoms with Gasteiger partial charge in [-0.15, -0.1) is 0 Å². The third-order valence-electron chi connectivity index (χ3n) is 6.65. The lowest BCUT2D eigenvalue weighted by Gasteiger charge is -2.50. The van der Waals surface area contributed by atoms with Crippen LogP contribution in [0.3, 0.4) is 0 Å². The van der Waals surface area contributed by atoms with Crippen LogP contribution in [0.25, 0.3) is 11.4 Å². The zero-order chi connectivity index (χ0) is 25.5. The first-order valence-electron chi connectivity index (χ1n) is 12.0. The average Bonchev–Trinajstić information content (AvgIpc) is 3.65. The van der Waals surface area contributed by atoms with Crippen molar-refractivity contribution in [1.29, 1.82) is 0 Å². The molecule has 2 fully saturated rings. The standard InChI is InChI=1S/C24H30N6O5S/c1-24-15-35-12-11-30(24)21-19(29(22(24)31)10-3-13-36(2,33)34)14-25-20(28-21)16-4-6-17(7-5-16)26-23(32)27-18-8-9-18/h4-7,14,18H,3,8-13,15H2,1-2H3,(H2,26,27,32). The van der Waals surface area contributed by atoms with Crippen molar-refractivity contribution < 1.29 is 22.7 Å². The fourth-order valence-electron chi connectivity index (χ4n) is 4.55. The monoisotopic (exact) mass is 514 g/mol. The highest BCUT2D eigenvalue weighted by Crippen LogP contribution is 2.41. The van der Waals surface area contributed by atoms with Crippen molar-refractivity contribution in [3.63, 3.8) is 0 Å². The quantitative estimate of drug-likeness (QED) is 0.571. The van der Waals surface area contributed by atoms with Crippen LogP contribution in [0.15, 0.2) is 30.5 Å². The molecule has 0 radical (unpaired) electrons. The summed E-state index contributed by atoms with van der Waals surface area (Å²) in [6.07, 6.45) is 5.16. The highest BCUT2D eigenvalue weighted by molar-refractivity contribution is 7.90. The molecule has 2 N–H and O–H groups in total. The molecule has 3 amide bonds. The van der Waals surface area contributed by atoms with E-state index in [0.717, 1.165) is 18.4 Å². The van der Waals surface area contributed by atoms with E-state index >= 15 is 0 Å². The zero-order valence-corrected chi connectivity index (χ0v) is 21.2. The lowest BCUT2D eigenvalue weighted by atomic mass is 9.93. The molecule has 1 aliphatic carbocycles. The fraction of sp³-hybridized carbons (Fsp3) is 0.500. The largest absolute Gasteiger partial charge is 0.377 e. The number of hydrogen-bond donors (Lipinski definition) is 2. The minimum atomic E-state index is -3.15. The van der Waals surface area contributed by atoms with E-state index in [2.05, 4.69) is 15.6 Å². The van der Waals surface area contributed by atoms with Crippen LogP contribution in [0.2, 0.25) is 0 Å². The topological polar surface area (TPSA) is 134 Å². The van der Waals surface area contributed by atoms with Gasteiger partial charge in [0, 0.05) is 36.6 Å². The van der Waals surface area contributed by atoms with Gasteiger partial charge in [0.2, 0.25) is 0 Å². The number of amides is 3. The Kier molecular flexibility index (Phi) is 6.33. The summed E-state index contributed by atoms with van der Waals surface area (Å²) in [6.45, 7) is 3.27. The van der Waals surface area contributed by atoms with E-state index in [1.54, 1.807) is 23.2 Å². The summed E-state index contributed by atoms with van der Waals surface area (Å²) >= 11 is 0. The molecule has 1 saturated carbocycles. The van der Waals surface area contributed by atoms with E-state index in [0.29, 0.717) is 42.6 Å². The van der Waals surface area contributed by atoms with Crippen LogP contribution in [-0.2, 0) is 19.4 Å². The number of ether oxygens (including phenoxy) is 1. The molecule has 1 atom stereocenters. The molecule has 11 nitrogen and oxygen atoms in total. The molecular formula is C24H30N6O5S. The number of rotatable bonds is 7. The van der Waals surface area contributed by atoms with Crippen LogP contribution in [0.4, 0.5) is 22.0 Å². The highest BCUT2D eigenvalue weighted by Gasteiger charge is 2.50. The lowest BCUT2D eigenvalue weighted by molar-refractivity contribution is -0.127. The second-order valence-electron chi connectivity index (χ2n) is 9.77. The number of urea groups is 1. The van der Waals surface area contributed by atoms with Crippen molar-refractivity contribution in [2.45, 2.75) is 37.8 Å². The number of nitrogens with zero attached hydrogens (tertiary/aromatic N) is 4. The number of sulfone groups is 1. The molecule has 2 aromatic rings. The summed E-state index contributed by atoms with van der Waals surface area (Å²) in [5, 5.41) is 5.71. The molecule has 2 aliphatic heterocycles. The summed E-state index contributed by atoms with van der Waals surface area (Å²) in [5.74, 6) is 0.943. The summed E-state index contributed by atoms with van der Waals surface area (Å²) < 4.78 is 28.9. The highest BCUT2D eigenvalue weighted by atomic mass is 32.2. The predicted molar refractivity (Wildman–Crippen MR) is 136 cm³/mol. The van der Waals surface area contributed by atoms with E-state index in [4.69, 9.17) is 9.72 Å². The van der Waals surface area contributed by atoms with Crippen molar-refractivity contribution >= 4 is 39.0 Å². The van der Waals surface area contributed by atoms with Crippen molar-refractivity contribution in [1.82, 2.24) is 15.3 Å². The maximum atomic E-state index is 13.5. The fourth-order valence-corrected chi connectivity index (χ4v) is 5.21. The Morgan fingerprint density at radius 1 is 1.25 bits per heavy atom. The van der Waals surface area contributed by atoms with Gasteiger partial charge in [-0.25, -0.2) is 23.2 Å². The molecule has 192 valence electrons. The molecule has 3 aliphatic rings. The van der Waals surface area contributed by atoms with E-state index in [1.807, 2.05) is 24.0 Å². The zero-order valence-electron chi connectivity index (χ0n) is 20.4. The number of aromatic nitrogens is 2. The molecule has 12 heteroatoms. The SMILES string of the molecule is CC12COCCN1c1nc(-c3ccc(NC(=O)NC4CC4)cc3)ncc1N(CCCS(C)(=O)=O)C2=O. The lowest BCUT2D eigenvalue weighted by Crippen LogP contribution is -2.67. The number of fused-ring (bicyclic) bond motifs is 3. The maximum absolute atomic E-state index is 13.5. The Morgan fingerprint density at radius 3 is 2.69 bits per heavy atom. The van der Waals surface area contributed by atoms with Gasteiger partial charge in [-0.05, 0) is 50.5 Å². The molecular weight excluding hydrogens is 484 g/mol. The molecule has 1 saturated heterocycles. The Balaban J connectivity index is 1.42. The van der Waals surface area contributed by atoms with Crippen LogP contribution < -0.4 is 20.4 Å². The average molecular weight is 515 g/mol. The van der Waals surface area contributed by atoms with Crippen molar-refractivity contribution in [3.8, 4) is 11.4 Å². The molecule has 1 aromatic carbocycles. The van der Waals surface area contributed by atoms with Crippen LogP contribution in [0, 0.1) is 0 Å². The van der Waals surface area contributed by atoms with Crippen molar-refractivity contribution in [3.05, 3.63) is 30.5 Å². The molecule has 0 bridgehead atoms. The Labute approximate surface area is 210 Å². The van der Waals surface area contributed by atoms with Gasteiger partial charge in [-0.3, -0.25) is 4.79 Å². The van der Waals surface area contributed by atoms with Crippen molar-refractivity contribution in [2.75, 3.05) is 53.4 Å². The molecule has 3 heterocycles. The molecule has 1 unspecified atom stereocenters. The van der Waals surface area contributed by atoms with E-state index in [1.165, 1.54) is 6.26 Å². The number of benzene rings is 1. The van der Waals surface area contributed by atoms with E-state index in [-0.39, 0.29) is 36.9 Å². The van der Waals surface area contributed by atoms with E-state index < -0.39 is 15.4 Å². The van der Waals surface area contributed by atoms with Gasteiger partial charge < -0.3 is 25.2 Å². The summed E-state index contributed by atoms with van der Waals surface area (Å²) in [7, 11) is -3.15. The first kappa shape index (κ1) is 24.4. The number of morpholine rings is 1. The maximum Gasteiger partial charge on any atom is 0.319 e. The normalized spacial score (nSPS) is 21.6. The minimum absolute atomic E-state index is 0.0129. The molecule has 0 spiro atoms. The van der Waals surface area contributed by atoms with Gasteiger partial charge in [-0.1, -0.05) is 0 Å². The third-order valence-corrected chi connectivity index (χ3v) is 7.68. The van der Waals surface area contributed by atoms with Gasteiger partial charge in [0.15, 0.2) is 11.6 Å². The van der Waals surface area contributed by atoms with Crippen LogP contribution in [0.5, 0.6) is 0 Å².